The number of carbonyl (C=O) groups is 2. The summed E-state index contributed by atoms with van der Waals surface area (Å²) in [7, 11) is 0. The van der Waals surface area contributed by atoms with Crippen LogP contribution < -0.4 is 5.32 Å². The highest BCUT2D eigenvalue weighted by molar-refractivity contribution is 9.10. The molecule has 0 aliphatic carbocycles. The van der Waals surface area contributed by atoms with Crippen molar-refractivity contribution in [1.29, 1.82) is 0 Å². The smallest absolute Gasteiger partial charge is 0.335 e. The van der Waals surface area contributed by atoms with Gasteiger partial charge in [0.2, 0.25) is 0 Å². The number of hydrogen-bond donors (Lipinski definition) is 2. The summed E-state index contributed by atoms with van der Waals surface area (Å²) in [6.45, 7) is 0. The number of carbonyl (C=O) groups excluding carboxylic acids is 1. The van der Waals surface area contributed by atoms with Crippen molar-refractivity contribution in [2.45, 2.75) is 0 Å². The number of hydrogen-bond acceptors (Lipinski definition) is 2. The van der Waals surface area contributed by atoms with E-state index in [-0.39, 0.29) is 11.5 Å². The van der Waals surface area contributed by atoms with E-state index in [0.29, 0.717) is 15.7 Å². The number of carboxylic acid groups (broad SMARTS) is 1. The molecule has 0 bridgehead atoms. The molecule has 2 aromatic carbocycles. The number of anilines is 1. The molecular weight excluding hydrogens is 310 g/mol. The van der Waals surface area contributed by atoms with Gasteiger partial charge in [0.25, 0.3) is 5.91 Å². The number of nitrogens with one attached hydrogen (secondary N) is 1. The van der Waals surface area contributed by atoms with Gasteiger partial charge in [0.1, 0.15) is 0 Å². The van der Waals surface area contributed by atoms with Crippen LogP contribution in [0, 0.1) is 0 Å². The summed E-state index contributed by atoms with van der Waals surface area (Å²) in [5, 5.41) is 11.5. The van der Waals surface area contributed by atoms with Crippen LogP contribution in [0.5, 0.6) is 0 Å². The van der Waals surface area contributed by atoms with Crippen molar-refractivity contribution in [3.63, 3.8) is 0 Å². The zero-order valence-electron chi connectivity index (χ0n) is 9.76. The van der Waals surface area contributed by atoms with Crippen LogP contribution in [0.25, 0.3) is 0 Å². The van der Waals surface area contributed by atoms with Crippen LogP contribution in [0.4, 0.5) is 5.69 Å². The van der Waals surface area contributed by atoms with E-state index in [1.54, 1.807) is 30.3 Å². The van der Waals surface area contributed by atoms with E-state index in [1.165, 1.54) is 12.1 Å². The molecule has 0 unspecified atom stereocenters. The van der Waals surface area contributed by atoms with Crippen molar-refractivity contribution in [3.8, 4) is 0 Å². The third kappa shape index (κ3) is 3.20. The minimum Gasteiger partial charge on any atom is -0.478 e. The molecule has 0 aliphatic heterocycles. The molecule has 0 atom stereocenters. The maximum Gasteiger partial charge on any atom is 0.335 e. The standard InChI is InChI=1S/C14H10BrNO3/c15-12-4-2-1-3-11(12)13(17)16-10-7-5-9(6-8-10)14(18)19/h1-8H,(H,16,17)(H,18,19). The Balaban J connectivity index is 2.15. The maximum atomic E-state index is 12.0. The highest BCUT2D eigenvalue weighted by Gasteiger charge is 2.09. The largest absolute Gasteiger partial charge is 0.478 e. The van der Waals surface area contributed by atoms with Gasteiger partial charge >= 0.3 is 5.97 Å². The van der Waals surface area contributed by atoms with Crippen LogP contribution in [0.2, 0.25) is 0 Å². The van der Waals surface area contributed by atoms with E-state index < -0.39 is 5.97 Å². The minimum atomic E-state index is -0.997. The molecule has 0 heterocycles. The van der Waals surface area contributed by atoms with Crippen molar-refractivity contribution in [2.75, 3.05) is 5.32 Å². The first-order chi connectivity index (χ1) is 9.08. The van der Waals surface area contributed by atoms with Gasteiger partial charge in [-0.25, -0.2) is 4.79 Å². The predicted octanol–water partition coefficient (Wildman–Crippen LogP) is 3.40. The molecule has 0 spiro atoms. The van der Waals surface area contributed by atoms with Gasteiger partial charge in [-0.05, 0) is 52.3 Å². The van der Waals surface area contributed by atoms with E-state index >= 15 is 0 Å². The Kier molecular flexibility index (Phi) is 3.97. The quantitative estimate of drug-likeness (QED) is 0.911. The molecule has 0 saturated heterocycles. The van der Waals surface area contributed by atoms with Crippen molar-refractivity contribution < 1.29 is 14.7 Å². The van der Waals surface area contributed by atoms with Gasteiger partial charge in [-0.3, -0.25) is 4.79 Å². The Labute approximate surface area is 118 Å². The zero-order chi connectivity index (χ0) is 13.8. The monoisotopic (exact) mass is 319 g/mol. The Hall–Kier alpha value is -2.14. The molecule has 5 heteroatoms. The Bertz CT molecular complexity index is 623. The number of halogens is 1. The van der Waals surface area contributed by atoms with Crippen molar-refractivity contribution >= 4 is 33.5 Å². The third-order valence-electron chi connectivity index (χ3n) is 2.51. The summed E-state index contributed by atoms with van der Waals surface area (Å²) in [6, 6.07) is 13.1. The predicted molar refractivity (Wildman–Crippen MR) is 75.5 cm³/mol. The van der Waals surface area contributed by atoms with E-state index in [2.05, 4.69) is 21.2 Å². The summed E-state index contributed by atoms with van der Waals surface area (Å²) in [5.41, 5.74) is 1.24. The highest BCUT2D eigenvalue weighted by atomic mass is 79.9. The Morgan fingerprint density at radius 3 is 2.21 bits per heavy atom. The average Bonchev–Trinajstić information content (AvgIpc) is 2.39. The number of aromatic carboxylic acids is 1. The first-order valence-corrected chi connectivity index (χ1v) is 6.26. The van der Waals surface area contributed by atoms with Crippen LogP contribution in [0.15, 0.2) is 53.0 Å². The van der Waals surface area contributed by atoms with Gasteiger partial charge in [0.05, 0.1) is 11.1 Å². The molecule has 0 saturated carbocycles. The zero-order valence-corrected chi connectivity index (χ0v) is 11.3. The Morgan fingerprint density at radius 2 is 1.63 bits per heavy atom. The van der Waals surface area contributed by atoms with Gasteiger partial charge in [0.15, 0.2) is 0 Å². The lowest BCUT2D eigenvalue weighted by Gasteiger charge is -2.07. The molecule has 0 aromatic heterocycles. The van der Waals surface area contributed by atoms with E-state index in [4.69, 9.17) is 5.11 Å². The summed E-state index contributed by atoms with van der Waals surface area (Å²) >= 11 is 3.30. The van der Waals surface area contributed by atoms with Crippen LogP contribution in [-0.4, -0.2) is 17.0 Å². The molecule has 1 amide bonds. The molecule has 2 rings (SSSR count). The topological polar surface area (TPSA) is 66.4 Å². The molecule has 4 nitrogen and oxygen atoms in total. The minimum absolute atomic E-state index is 0.180. The normalized spacial score (nSPS) is 9.95. The third-order valence-corrected chi connectivity index (χ3v) is 3.20. The van der Waals surface area contributed by atoms with Crippen LogP contribution in [0.1, 0.15) is 20.7 Å². The first-order valence-electron chi connectivity index (χ1n) is 5.47. The number of rotatable bonds is 3. The number of carboxylic acids is 1. The van der Waals surface area contributed by atoms with E-state index in [1.807, 2.05) is 6.07 Å². The van der Waals surface area contributed by atoms with Crippen LogP contribution in [0.3, 0.4) is 0 Å². The average molecular weight is 320 g/mol. The molecule has 0 fully saturated rings. The fourth-order valence-corrected chi connectivity index (χ4v) is 2.00. The molecule has 2 N–H and O–H groups in total. The van der Waals surface area contributed by atoms with Gasteiger partial charge in [-0.1, -0.05) is 12.1 Å². The molecule has 96 valence electrons. The van der Waals surface area contributed by atoms with Crippen molar-refractivity contribution in [3.05, 3.63) is 64.1 Å². The lowest BCUT2D eigenvalue weighted by molar-refractivity contribution is 0.0696. The molecular formula is C14H10BrNO3. The lowest BCUT2D eigenvalue weighted by atomic mass is 10.2. The highest BCUT2D eigenvalue weighted by Crippen LogP contribution is 2.18. The number of amides is 1. The van der Waals surface area contributed by atoms with Gasteiger partial charge in [0, 0.05) is 10.2 Å². The molecule has 2 aromatic rings. The van der Waals surface area contributed by atoms with Gasteiger partial charge in [-0.2, -0.15) is 0 Å². The van der Waals surface area contributed by atoms with Crippen LogP contribution >= 0.6 is 15.9 Å². The lowest BCUT2D eigenvalue weighted by Crippen LogP contribution is -2.12. The van der Waals surface area contributed by atoms with E-state index in [0.717, 1.165) is 0 Å². The van der Waals surface area contributed by atoms with Gasteiger partial charge < -0.3 is 10.4 Å². The number of benzene rings is 2. The summed E-state index contributed by atoms with van der Waals surface area (Å²) < 4.78 is 0.703. The maximum absolute atomic E-state index is 12.0. The molecule has 0 aliphatic rings. The summed E-state index contributed by atoms with van der Waals surface area (Å²) in [6.07, 6.45) is 0. The first kappa shape index (κ1) is 13.3. The second-order valence-corrected chi connectivity index (χ2v) is 4.67. The van der Waals surface area contributed by atoms with Gasteiger partial charge in [-0.15, -0.1) is 0 Å². The molecule has 19 heavy (non-hydrogen) atoms. The SMILES string of the molecule is O=C(O)c1ccc(NC(=O)c2ccccc2Br)cc1. The fraction of sp³-hybridized carbons (Fsp3) is 0. The van der Waals surface area contributed by atoms with Crippen molar-refractivity contribution in [1.82, 2.24) is 0 Å². The summed E-state index contributed by atoms with van der Waals surface area (Å²) in [4.78, 5) is 22.7. The van der Waals surface area contributed by atoms with E-state index in [9.17, 15) is 9.59 Å². The second kappa shape index (κ2) is 5.67. The fourth-order valence-electron chi connectivity index (χ4n) is 1.54. The van der Waals surface area contributed by atoms with Crippen LogP contribution in [-0.2, 0) is 0 Å². The second-order valence-electron chi connectivity index (χ2n) is 3.82. The van der Waals surface area contributed by atoms with Crippen molar-refractivity contribution in [2.24, 2.45) is 0 Å². The Morgan fingerprint density at radius 1 is 1.00 bits per heavy atom. The molecule has 0 radical (unpaired) electrons. The summed E-state index contributed by atoms with van der Waals surface area (Å²) in [5.74, 6) is -1.25.